The molecule has 5 N–H and O–H groups in total. The highest BCUT2D eigenvalue weighted by Crippen LogP contribution is 2.26. The summed E-state index contributed by atoms with van der Waals surface area (Å²) in [6.45, 7) is 9.78. The zero-order valence-corrected chi connectivity index (χ0v) is 10.7. The molecule has 0 saturated heterocycles. The number of nitrogens with two attached hydrogens (primary N) is 2. The predicted octanol–water partition coefficient (Wildman–Crippen LogP) is 1.62. The van der Waals surface area contributed by atoms with Crippen LogP contribution in [0.15, 0.2) is 6.07 Å². The molecule has 1 aromatic carbocycles. The third-order valence-electron chi connectivity index (χ3n) is 3.21. The van der Waals surface area contributed by atoms with Crippen molar-refractivity contribution < 1.29 is 0 Å². The Morgan fingerprint density at radius 1 is 1.12 bits per heavy atom. The van der Waals surface area contributed by atoms with Gasteiger partial charge in [0.1, 0.15) is 0 Å². The lowest BCUT2D eigenvalue weighted by atomic mass is 9.98. The molecule has 3 heteroatoms. The number of nitrogens with one attached hydrogen (secondary N) is 1. The van der Waals surface area contributed by atoms with Gasteiger partial charge in [0.15, 0.2) is 0 Å². The third kappa shape index (κ3) is 2.74. The minimum atomic E-state index is 0.0135. The SMILES string of the molecule is Cc1cc(C)c(C)c(NCC(N)CN)c1C. The number of aryl methyl sites for hydroxylation is 2. The van der Waals surface area contributed by atoms with Crippen LogP contribution in [-0.4, -0.2) is 19.1 Å². The Hall–Kier alpha value is -1.06. The van der Waals surface area contributed by atoms with Gasteiger partial charge in [-0.05, 0) is 49.9 Å². The number of anilines is 1. The summed E-state index contributed by atoms with van der Waals surface area (Å²) in [5.74, 6) is 0. The molecule has 1 unspecified atom stereocenters. The molecule has 3 nitrogen and oxygen atoms in total. The van der Waals surface area contributed by atoms with Crippen LogP contribution in [-0.2, 0) is 0 Å². The molecule has 0 radical (unpaired) electrons. The molecule has 0 amide bonds. The maximum atomic E-state index is 5.81. The topological polar surface area (TPSA) is 64.1 Å². The molecule has 1 aromatic rings. The van der Waals surface area contributed by atoms with Gasteiger partial charge >= 0.3 is 0 Å². The Morgan fingerprint density at radius 2 is 1.62 bits per heavy atom. The molecule has 0 spiro atoms. The molecule has 0 saturated carbocycles. The summed E-state index contributed by atoms with van der Waals surface area (Å²) in [6.07, 6.45) is 0. The summed E-state index contributed by atoms with van der Waals surface area (Å²) in [5, 5.41) is 3.41. The minimum Gasteiger partial charge on any atom is -0.383 e. The Morgan fingerprint density at radius 3 is 2.06 bits per heavy atom. The quantitative estimate of drug-likeness (QED) is 0.724. The smallest absolute Gasteiger partial charge is 0.0405 e. The van der Waals surface area contributed by atoms with Gasteiger partial charge in [-0.3, -0.25) is 0 Å². The predicted molar refractivity (Wildman–Crippen MR) is 70.9 cm³/mol. The van der Waals surface area contributed by atoms with E-state index < -0.39 is 0 Å². The lowest BCUT2D eigenvalue weighted by Crippen LogP contribution is -2.36. The summed E-state index contributed by atoms with van der Waals surface area (Å²) in [6, 6.07) is 2.23. The zero-order valence-electron chi connectivity index (χ0n) is 10.7. The molecular weight excluding hydrogens is 198 g/mol. The maximum absolute atomic E-state index is 5.81. The Labute approximate surface area is 98.2 Å². The highest BCUT2D eigenvalue weighted by molar-refractivity contribution is 5.62. The van der Waals surface area contributed by atoms with E-state index in [0.717, 1.165) is 6.54 Å². The number of hydrogen-bond donors (Lipinski definition) is 3. The first-order valence-electron chi connectivity index (χ1n) is 5.74. The highest BCUT2D eigenvalue weighted by atomic mass is 14.9. The molecule has 0 aromatic heterocycles. The first-order chi connectivity index (χ1) is 7.47. The number of rotatable bonds is 4. The van der Waals surface area contributed by atoms with Gasteiger partial charge in [0.2, 0.25) is 0 Å². The van der Waals surface area contributed by atoms with Crippen molar-refractivity contribution in [3.05, 3.63) is 28.3 Å². The normalized spacial score (nSPS) is 12.6. The van der Waals surface area contributed by atoms with Crippen molar-refractivity contribution in [3.63, 3.8) is 0 Å². The molecule has 0 fully saturated rings. The summed E-state index contributed by atoms with van der Waals surface area (Å²) >= 11 is 0. The van der Waals surface area contributed by atoms with Crippen LogP contribution in [0.4, 0.5) is 5.69 Å². The van der Waals surface area contributed by atoms with Gasteiger partial charge < -0.3 is 16.8 Å². The molecule has 0 aliphatic carbocycles. The van der Waals surface area contributed by atoms with E-state index in [0.29, 0.717) is 6.54 Å². The second kappa shape index (κ2) is 5.32. The number of hydrogen-bond acceptors (Lipinski definition) is 3. The summed E-state index contributed by atoms with van der Waals surface area (Å²) < 4.78 is 0. The van der Waals surface area contributed by atoms with Crippen molar-refractivity contribution in [2.45, 2.75) is 33.7 Å². The fraction of sp³-hybridized carbons (Fsp3) is 0.538. The van der Waals surface area contributed by atoms with Gasteiger partial charge in [0.25, 0.3) is 0 Å². The van der Waals surface area contributed by atoms with Crippen molar-refractivity contribution in [1.29, 1.82) is 0 Å². The van der Waals surface area contributed by atoms with E-state index in [-0.39, 0.29) is 6.04 Å². The van der Waals surface area contributed by atoms with Gasteiger partial charge in [-0.1, -0.05) is 6.07 Å². The van der Waals surface area contributed by atoms with Crippen LogP contribution in [0.3, 0.4) is 0 Å². The van der Waals surface area contributed by atoms with E-state index in [2.05, 4.69) is 39.1 Å². The fourth-order valence-corrected chi connectivity index (χ4v) is 1.80. The molecular formula is C13H23N3. The molecule has 1 atom stereocenters. The Balaban J connectivity index is 2.94. The van der Waals surface area contributed by atoms with Crippen LogP contribution in [0.5, 0.6) is 0 Å². The summed E-state index contributed by atoms with van der Waals surface area (Å²) in [4.78, 5) is 0. The van der Waals surface area contributed by atoms with E-state index in [1.54, 1.807) is 0 Å². The van der Waals surface area contributed by atoms with Gasteiger partial charge in [-0.15, -0.1) is 0 Å². The van der Waals surface area contributed by atoms with Crippen LogP contribution >= 0.6 is 0 Å². The van der Waals surface area contributed by atoms with Crippen LogP contribution in [0.25, 0.3) is 0 Å². The van der Waals surface area contributed by atoms with Crippen molar-refractivity contribution >= 4 is 5.69 Å². The van der Waals surface area contributed by atoms with Crippen LogP contribution < -0.4 is 16.8 Å². The summed E-state index contributed by atoms with van der Waals surface area (Å²) in [5.41, 5.74) is 17.7. The maximum Gasteiger partial charge on any atom is 0.0405 e. The average Bonchev–Trinajstić information content (AvgIpc) is 2.26. The molecule has 0 aliphatic rings. The van der Waals surface area contributed by atoms with Crippen LogP contribution in [0.2, 0.25) is 0 Å². The van der Waals surface area contributed by atoms with Crippen LogP contribution in [0, 0.1) is 27.7 Å². The van der Waals surface area contributed by atoms with Gasteiger partial charge in [-0.25, -0.2) is 0 Å². The Kier molecular flexibility index (Phi) is 4.33. The largest absolute Gasteiger partial charge is 0.383 e. The fourth-order valence-electron chi connectivity index (χ4n) is 1.80. The Bertz CT molecular complexity index is 346. The van der Waals surface area contributed by atoms with Crippen molar-refractivity contribution in [1.82, 2.24) is 0 Å². The van der Waals surface area contributed by atoms with E-state index in [1.807, 2.05) is 0 Å². The third-order valence-corrected chi connectivity index (χ3v) is 3.21. The average molecular weight is 221 g/mol. The molecule has 16 heavy (non-hydrogen) atoms. The van der Waals surface area contributed by atoms with E-state index in [9.17, 15) is 0 Å². The van der Waals surface area contributed by atoms with Crippen molar-refractivity contribution in [2.75, 3.05) is 18.4 Å². The molecule has 90 valence electrons. The lowest BCUT2D eigenvalue weighted by molar-refractivity contribution is 0.712. The van der Waals surface area contributed by atoms with Gasteiger partial charge in [0, 0.05) is 24.8 Å². The van der Waals surface area contributed by atoms with E-state index >= 15 is 0 Å². The molecule has 0 aliphatic heterocycles. The monoisotopic (exact) mass is 221 g/mol. The standard InChI is InChI=1S/C13H23N3/c1-8-5-9(2)11(4)13(10(8)3)16-7-12(15)6-14/h5,12,16H,6-7,14-15H2,1-4H3. The van der Waals surface area contributed by atoms with Gasteiger partial charge in [-0.2, -0.15) is 0 Å². The highest BCUT2D eigenvalue weighted by Gasteiger charge is 2.08. The first-order valence-corrected chi connectivity index (χ1v) is 5.74. The van der Waals surface area contributed by atoms with Crippen molar-refractivity contribution in [2.24, 2.45) is 11.5 Å². The molecule has 0 bridgehead atoms. The van der Waals surface area contributed by atoms with Crippen LogP contribution in [0.1, 0.15) is 22.3 Å². The minimum absolute atomic E-state index is 0.0135. The number of benzene rings is 1. The summed E-state index contributed by atoms with van der Waals surface area (Å²) in [7, 11) is 0. The zero-order chi connectivity index (χ0) is 12.3. The second-order valence-corrected chi connectivity index (χ2v) is 4.51. The lowest BCUT2D eigenvalue weighted by Gasteiger charge is -2.19. The van der Waals surface area contributed by atoms with Gasteiger partial charge in [0.05, 0.1) is 0 Å². The van der Waals surface area contributed by atoms with Crippen molar-refractivity contribution in [3.8, 4) is 0 Å². The molecule has 1 rings (SSSR count). The molecule has 0 heterocycles. The first kappa shape index (κ1) is 13.0. The van der Waals surface area contributed by atoms with E-state index in [4.69, 9.17) is 11.5 Å². The van der Waals surface area contributed by atoms with E-state index in [1.165, 1.54) is 27.9 Å². The second-order valence-electron chi connectivity index (χ2n) is 4.51.